The van der Waals surface area contributed by atoms with Gasteiger partial charge in [0.05, 0.1) is 0 Å². The van der Waals surface area contributed by atoms with Crippen LogP contribution < -0.4 is 0 Å². The Morgan fingerprint density at radius 2 is 0.434 bits per heavy atom. The van der Waals surface area contributed by atoms with Gasteiger partial charge in [-0.15, -0.1) is 0 Å². The topological polar surface area (TPSA) is 155 Å². The zero-order chi connectivity index (χ0) is 96.3. The molecule has 12 heteroatoms. The van der Waals surface area contributed by atoms with Gasteiger partial charge in [0.1, 0.15) is 0 Å². The van der Waals surface area contributed by atoms with Gasteiger partial charge < -0.3 is 0 Å². The maximum absolute atomic E-state index is 5.14. The Morgan fingerprint density at radius 1 is 0.154 bits per heavy atom. The minimum Gasteiger partial charge on any atom is -0.264 e. The minimum atomic E-state index is -0.188. The zero-order valence-electron chi connectivity index (χ0n) is 79.7. The summed E-state index contributed by atoms with van der Waals surface area (Å²) in [4.78, 5) is 58.7. The van der Waals surface area contributed by atoms with Crippen molar-refractivity contribution >= 4 is 21.5 Å². The first kappa shape index (κ1) is 87.5. The van der Waals surface area contributed by atoms with Crippen LogP contribution in [0.2, 0.25) is 0 Å². The Bertz CT molecular complexity index is 8800. The van der Waals surface area contributed by atoms with Crippen molar-refractivity contribution in [1.29, 1.82) is 0 Å². The van der Waals surface area contributed by atoms with E-state index < -0.39 is 0 Å². The highest BCUT2D eigenvalue weighted by molar-refractivity contribution is 6.03. The van der Waals surface area contributed by atoms with Crippen LogP contribution in [0.3, 0.4) is 0 Å². The average molecular weight is 1840 g/mol. The number of rotatable bonds is 15. The predicted molar refractivity (Wildman–Crippen MR) is 582 cm³/mol. The van der Waals surface area contributed by atoms with Crippen LogP contribution in [-0.4, -0.2) is 59.8 Å². The first-order valence-electron chi connectivity index (χ1n) is 48.5. The normalized spacial score (nSPS) is 12.9. The van der Waals surface area contributed by atoms with E-state index in [1.807, 2.05) is 55.0 Å². The molecule has 143 heavy (non-hydrogen) atoms. The molecule has 0 bridgehead atoms. The Kier molecular flexibility index (Phi) is 22.4. The number of pyridine rings is 3. The van der Waals surface area contributed by atoms with E-state index in [4.69, 9.17) is 44.9 Å². The highest BCUT2D eigenvalue weighted by Gasteiger charge is 2.40. The van der Waals surface area contributed by atoms with Crippen molar-refractivity contribution < 1.29 is 0 Å². The molecule has 0 fully saturated rings. The van der Waals surface area contributed by atoms with E-state index in [0.717, 1.165) is 117 Å². The van der Waals surface area contributed by atoms with Gasteiger partial charge in [0.2, 0.25) is 0 Å². The van der Waals surface area contributed by atoms with Crippen LogP contribution >= 0.6 is 0 Å². The molecule has 6 heterocycles. The lowest BCUT2D eigenvalue weighted by Gasteiger charge is -2.23. The van der Waals surface area contributed by atoms with Crippen molar-refractivity contribution in [2.24, 2.45) is 0 Å². The minimum absolute atomic E-state index is 0.0617. The molecule has 3 aliphatic rings. The van der Waals surface area contributed by atoms with Gasteiger partial charge in [-0.3, -0.25) is 15.0 Å². The highest BCUT2D eigenvalue weighted by Crippen LogP contribution is 2.55. The van der Waals surface area contributed by atoms with Crippen molar-refractivity contribution in [2.75, 3.05) is 0 Å². The summed E-state index contributed by atoms with van der Waals surface area (Å²) >= 11 is 0. The molecule has 0 saturated carbocycles. The lowest BCUT2D eigenvalue weighted by atomic mass is 9.80. The first-order chi connectivity index (χ1) is 70.1. The number of benzene rings is 17. The number of fused-ring (bicyclic) bond motifs is 13. The molecule has 0 radical (unpaired) electrons. The summed E-state index contributed by atoms with van der Waals surface area (Å²) in [6.45, 7) is 13.9. The van der Waals surface area contributed by atoms with E-state index in [2.05, 4.69) is 445 Å². The van der Waals surface area contributed by atoms with Crippen molar-refractivity contribution in [3.8, 4) is 203 Å². The lowest BCUT2D eigenvalue weighted by Crippen LogP contribution is -2.15. The molecule has 23 aromatic rings. The molecule has 12 nitrogen and oxygen atoms in total. The van der Waals surface area contributed by atoms with Gasteiger partial charge in [0, 0.05) is 103 Å². The smallest absolute Gasteiger partial charge is 0.164 e. The van der Waals surface area contributed by atoms with Gasteiger partial charge in [-0.1, -0.05) is 412 Å². The molecule has 678 valence electrons. The summed E-state index contributed by atoms with van der Waals surface area (Å²) in [7, 11) is 0. The summed E-state index contributed by atoms with van der Waals surface area (Å²) in [5, 5.41) is 5.12. The molecule has 0 spiro atoms. The van der Waals surface area contributed by atoms with Crippen LogP contribution in [-0.2, 0) is 16.2 Å². The van der Waals surface area contributed by atoms with Crippen LogP contribution in [0.15, 0.2) is 462 Å². The van der Waals surface area contributed by atoms with Crippen LogP contribution in [0.5, 0.6) is 0 Å². The van der Waals surface area contributed by atoms with Crippen molar-refractivity contribution in [3.05, 3.63) is 495 Å². The molecule has 0 saturated heterocycles. The zero-order valence-corrected chi connectivity index (χ0v) is 79.7. The largest absolute Gasteiger partial charge is 0.264 e. The average Bonchev–Trinajstić information content (AvgIpc) is 1.57. The Balaban J connectivity index is 0.000000116. The number of nitrogens with zero attached hydrogens (tertiary/aromatic N) is 12. The van der Waals surface area contributed by atoms with E-state index in [9.17, 15) is 0 Å². The standard InChI is InChI=1S/2C45H32N4.C41H30N4/c1-45(2)40-27-35(22-23-38(40)39-24-21-31-12-6-7-16-37(31)41(39)45)44-48-42(32-19-17-30(18-20-32)36-15-9-25-46-28-36)47-43(49-44)34-14-8-13-33(26-34)29-10-4-3-5-11-29;1-45(2)39-24-22-31-12-6-7-16-37(31)41(39)38-23-21-35(27-40(38)45)44-48-42(32-19-17-30(18-20-32)36-15-9-25-46-28-36)47-43(49-44)34-14-8-13-33(26-34)29-10-4-3-5-11-29;1-41(2)36-16-7-6-15-34(36)35-25-32(21-22-37(35)41)40-44-38(29-19-17-28(18-20-29)33-14-9-23-42-26-33)43-39(45-40)31-13-8-12-30(24-31)27-10-4-3-5-11-27/h2*3-28H,1-2H3;3-26H,1-2H3. The molecule has 26 rings (SSSR count). The van der Waals surface area contributed by atoms with E-state index in [0.29, 0.717) is 52.4 Å². The van der Waals surface area contributed by atoms with Crippen LogP contribution in [0.25, 0.3) is 224 Å². The summed E-state index contributed by atoms with van der Waals surface area (Å²) < 4.78 is 0. The maximum atomic E-state index is 5.14. The van der Waals surface area contributed by atoms with Crippen molar-refractivity contribution in [2.45, 2.75) is 57.8 Å². The van der Waals surface area contributed by atoms with Gasteiger partial charge in [0.25, 0.3) is 0 Å². The van der Waals surface area contributed by atoms with E-state index in [-0.39, 0.29) is 16.2 Å². The molecule has 6 aromatic heterocycles. The monoisotopic (exact) mass is 1830 g/mol. The fraction of sp³-hybridized carbons (Fsp3) is 0.0687. The molecule has 0 atom stereocenters. The van der Waals surface area contributed by atoms with Gasteiger partial charge in [0.15, 0.2) is 52.4 Å². The lowest BCUT2D eigenvalue weighted by molar-refractivity contribution is 0.660. The van der Waals surface area contributed by atoms with Crippen molar-refractivity contribution in [3.63, 3.8) is 0 Å². The Labute approximate surface area is 831 Å². The van der Waals surface area contributed by atoms with Crippen LogP contribution in [0, 0.1) is 0 Å². The summed E-state index contributed by atoms with van der Waals surface area (Å²) in [6.07, 6.45) is 11.0. The molecule has 0 aliphatic heterocycles. The van der Waals surface area contributed by atoms with E-state index in [1.165, 1.54) is 88.3 Å². The summed E-state index contributed by atoms with van der Waals surface area (Å²) in [5.41, 5.74) is 37.0. The SMILES string of the molecule is CC1(C)c2cc(-c3nc(-c4ccc(-c5cccnc5)cc4)nc(-c4cccc(-c5ccccc5)c4)n3)ccc2-c2c1ccc1ccccc21.CC1(C)c2cc(-c3nc(-c4ccc(-c5cccnc5)cc4)nc(-c4cccc(-c5ccccc5)c4)n3)ccc2-c2ccc3ccccc3c21.CC1(C)c2ccccc2-c2cc(-c3nc(-c4ccc(-c5cccnc5)cc4)nc(-c4cccc(-c5ccccc5)c4)n3)ccc21. The predicted octanol–water partition coefficient (Wildman–Crippen LogP) is 32.0. The second-order valence-electron chi connectivity index (χ2n) is 38.3. The second-order valence-corrected chi connectivity index (χ2v) is 38.3. The quantitative estimate of drug-likeness (QED) is 0.0959. The van der Waals surface area contributed by atoms with Gasteiger partial charge in [-0.05, 0) is 210 Å². The van der Waals surface area contributed by atoms with Gasteiger partial charge >= 0.3 is 0 Å². The van der Waals surface area contributed by atoms with Crippen LogP contribution in [0.1, 0.15) is 74.9 Å². The van der Waals surface area contributed by atoms with Crippen LogP contribution in [0.4, 0.5) is 0 Å². The molecule has 0 N–H and O–H groups in total. The van der Waals surface area contributed by atoms with E-state index in [1.54, 1.807) is 18.6 Å². The summed E-state index contributed by atoms with van der Waals surface area (Å²) in [6, 6.07) is 149. The fourth-order valence-corrected chi connectivity index (χ4v) is 21.0. The highest BCUT2D eigenvalue weighted by atomic mass is 15.1. The third kappa shape index (κ3) is 16.7. The Hall–Kier alpha value is -18.3. The van der Waals surface area contributed by atoms with E-state index >= 15 is 0 Å². The Morgan fingerprint density at radius 3 is 0.867 bits per heavy atom. The number of hydrogen-bond acceptors (Lipinski definition) is 12. The third-order valence-corrected chi connectivity index (χ3v) is 28.5. The molecule has 3 aliphatic carbocycles. The molecular formula is C131H94N12. The van der Waals surface area contributed by atoms with Gasteiger partial charge in [-0.2, -0.15) is 0 Å². The maximum Gasteiger partial charge on any atom is 0.164 e. The number of aromatic nitrogens is 12. The number of hydrogen-bond donors (Lipinski definition) is 0. The summed E-state index contributed by atoms with van der Waals surface area (Å²) in [5.74, 6) is 5.80. The molecule has 0 unspecified atom stereocenters. The fourth-order valence-electron chi connectivity index (χ4n) is 21.0. The molecular weight excluding hydrogens is 1740 g/mol. The van der Waals surface area contributed by atoms with Gasteiger partial charge in [-0.25, -0.2) is 44.9 Å². The second kappa shape index (κ2) is 36.6. The first-order valence-corrected chi connectivity index (χ1v) is 48.5. The molecule has 0 amide bonds. The third-order valence-electron chi connectivity index (χ3n) is 28.5. The van der Waals surface area contributed by atoms with Crippen molar-refractivity contribution in [1.82, 2.24) is 59.8 Å². The molecule has 17 aromatic carbocycles.